The molecule has 1 unspecified atom stereocenters. The van der Waals surface area contributed by atoms with E-state index in [1.807, 2.05) is 6.92 Å². The van der Waals surface area contributed by atoms with Crippen molar-refractivity contribution in [1.82, 2.24) is 4.90 Å². The minimum Gasteiger partial charge on any atom is -0.507 e. The Labute approximate surface area is 117 Å². The first-order chi connectivity index (χ1) is 8.99. The first-order valence-electron chi connectivity index (χ1n) is 6.41. The van der Waals surface area contributed by atoms with E-state index in [4.69, 9.17) is 11.6 Å². The molecular formula is C14H17ClFNO2. The van der Waals surface area contributed by atoms with Gasteiger partial charge in [-0.25, -0.2) is 4.39 Å². The van der Waals surface area contributed by atoms with Crippen molar-refractivity contribution in [3.63, 3.8) is 0 Å². The number of rotatable bonds is 2. The fourth-order valence-electron chi connectivity index (χ4n) is 2.41. The number of carbonyl (C=O) groups is 1. The highest BCUT2D eigenvalue weighted by molar-refractivity contribution is 6.20. The molecule has 1 heterocycles. The van der Waals surface area contributed by atoms with Crippen LogP contribution < -0.4 is 0 Å². The van der Waals surface area contributed by atoms with Gasteiger partial charge in [0, 0.05) is 18.5 Å². The number of aromatic hydroxyl groups is 1. The second kappa shape index (κ2) is 5.78. The molecule has 0 aliphatic carbocycles. The van der Waals surface area contributed by atoms with Crippen molar-refractivity contribution in [3.05, 3.63) is 29.6 Å². The fourth-order valence-corrected chi connectivity index (χ4v) is 2.66. The predicted molar refractivity (Wildman–Crippen MR) is 72.0 cm³/mol. The van der Waals surface area contributed by atoms with Crippen molar-refractivity contribution in [2.45, 2.75) is 25.1 Å². The zero-order chi connectivity index (χ0) is 14.0. The Morgan fingerprint density at radius 3 is 2.68 bits per heavy atom. The van der Waals surface area contributed by atoms with E-state index >= 15 is 0 Å². The monoisotopic (exact) mass is 285 g/mol. The average Bonchev–Trinajstić information content (AvgIpc) is 2.41. The molecule has 1 saturated heterocycles. The predicted octanol–water partition coefficient (Wildman–Crippen LogP) is 3.01. The van der Waals surface area contributed by atoms with Crippen molar-refractivity contribution in [2.24, 2.45) is 5.92 Å². The molecule has 3 nitrogen and oxygen atoms in total. The van der Waals surface area contributed by atoms with Crippen LogP contribution in [0.25, 0.3) is 0 Å². The number of phenolic OH excluding ortho intramolecular Hbond substituents is 1. The van der Waals surface area contributed by atoms with Crippen LogP contribution in [0.3, 0.4) is 0 Å². The van der Waals surface area contributed by atoms with E-state index in [1.165, 1.54) is 6.07 Å². The molecule has 1 fully saturated rings. The van der Waals surface area contributed by atoms with Crippen LogP contribution >= 0.6 is 11.6 Å². The summed E-state index contributed by atoms with van der Waals surface area (Å²) in [6.45, 7) is 3.15. The van der Waals surface area contributed by atoms with E-state index in [-0.39, 0.29) is 22.6 Å². The van der Waals surface area contributed by atoms with Crippen LogP contribution in [-0.2, 0) is 0 Å². The van der Waals surface area contributed by atoms with Gasteiger partial charge in [-0.2, -0.15) is 0 Å². The number of halogens is 2. The zero-order valence-electron chi connectivity index (χ0n) is 10.8. The highest BCUT2D eigenvalue weighted by Gasteiger charge is 2.27. The first kappa shape index (κ1) is 14.1. The molecule has 1 aliphatic rings. The number of likely N-dealkylation sites (tertiary alicyclic amines) is 1. The normalized spacial score (nSPS) is 18.4. The topological polar surface area (TPSA) is 40.5 Å². The van der Waals surface area contributed by atoms with Gasteiger partial charge in [-0.3, -0.25) is 4.79 Å². The van der Waals surface area contributed by atoms with Crippen molar-refractivity contribution in [3.8, 4) is 5.75 Å². The minimum absolute atomic E-state index is 0.0253. The Morgan fingerprint density at radius 1 is 1.47 bits per heavy atom. The van der Waals surface area contributed by atoms with Gasteiger partial charge in [0.1, 0.15) is 11.6 Å². The van der Waals surface area contributed by atoms with E-state index in [2.05, 4.69) is 0 Å². The number of benzene rings is 1. The SMILES string of the molecule is CC(Cl)C1CCN(C(=O)c2cc(F)ccc2O)CC1. The molecule has 1 aliphatic heterocycles. The highest BCUT2D eigenvalue weighted by Crippen LogP contribution is 2.26. The third-order valence-corrected chi connectivity index (χ3v) is 4.02. The Morgan fingerprint density at radius 2 is 2.11 bits per heavy atom. The highest BCUT2D eigenvalue weighted by atomic mass is 35.5. The summed E-state index contributed by atoms with van der Waals surface area (Å²) in [7, 11) is 0. The van der Waals surface area contributed by atoms with Gasteiger partial charge in [-0.05, 0) is 43.9 Å². The van der Waals surface area contributed by atoms with Crippen LogP contribution in [0, 0.1) is 11.7 Å². The van der Waals surface area contributed by atoms with Gasteiger partial charge in [0.15, 0.2) is 0 Å². The lowest BCUT2D eigenvalue weighted by atomic mass is 9.93. The van der Waals surface area contributed by atoms with Crippen LogP contribution in [0.2, 0.25) is 0 Å². The molecule has 1 amide bonds. The van der Waals surface area contributed by atoms with Crippen molar-refractivity contribution in [2.75, 3.05) is 13.1 Å². The zero-order valence-corrected chi connectivity index (χ0v) is 11.5. The molecule has 2 rings (SSSR count). The lowest BCUT2D eigenvalue weighted by Gasteiger charge is -2.33. The van der Waals surface area contributed by atoms with E-state index in [9.17, 15) is 14.3 Å². The number of phenols is 1. The summed E-state index contributed by atoms with van der Waals surface area (Å²) in [5.74, 6) is -0.617. The summed E-state index contributed by atoms with van der Waals surface area (Å²) in [5.41, 5.74) is 0.0253. The van der Waals surface area contributed by atoms with Gasteiger partial charge in [0.25, 0.3) is 5.91 Å². The molecule has 1 atom stereocenters. The Hall–Kier alpha value is -1.29. The third-order valence-electron chi connectivity index (χ3n) is 3.67. The maximum absolute atomic E-state index is 13.1. The van der Waals surface area contributed by atoms with E-state index in [0.29, 0.717) is 19.0 Å². The Bertz CT molecular complexity index is 471. The number of hydrogen-bond acceptors (Lipinski definition) is 2. The molecule has 1 aromatic carbocycles. The molecule has 1 N–H and O–H groups in total. The van der Waals surface area contributed by atoms with Gasteiger partial charge in [-0.15, -0.1) is 11.6 Å². The van der Waals surface area contributed by atoms with Crippen LogP contribution in [-0.4, -0.2) is 34.4 Å². The van der Waals surface area contributed by atoms with E-state index < -0.39 is 5.82 Å². The van der Waals surface area contributed by atoms with Crippen LogP contribution in [0.5, 0.6) is 5.75 Å². The lowest BCUT2D eigenvalue weighted by Crippen LogP contribution is -2.40. The van der Waals surface area contributed by atoms with Gasteiger partial charge < -0.3 is 10.0 Å². The largest absolute Gasteiger partial charge is 0.507 e. The average molecular weight is 286 g/mol. The van der Waals surface area contributed by atoms with E-state index in [0.717, 1.165) is 25.0 Å². The number of piperidine rings is 1. The lowest BCUT2D eigenvalue weighted by molar-refractivity contribution is 0.0686. The molecule has 5 heteroatoms. The first-order valence-corrected chi connectivity index (χ1v) is 6.84. The van der Waals surface area contributed by atoms with Gasteiger partial charge >= 0.3 is 0 Å². The third kappa shape index (κ3) is 3.18. The summed E-state index contributed by atoms with van der Waals surface area (Å²) < 4.78 is 13.1. The Balaban J connectivity index is 2.07. The van der Waals surface area contributed by atoms with Gasteiger partial charge in [0.05, 0.1) is 5.56 Å². The van der Waals surface area contributed by atoms with Gasteiger partial charge in [0.2, 0.25) is 0 Å². The minimum atomic E-state index is -0.523. The van der Waals surface area contributed by atoms with Crippen LogP contribution in [0.1, 0.15) is 30.1 Å². The molecular weight excluding hydrogens is 269 g/mol. The van der Waals surface area contributed by atoms with Crippen molar-refractivity contribution < 1.29 is 14.3 Å². The summed E-state index contributed by atoms with van der Waals surface area (Å²) in [5, 5.41) is 9.74. The maximum atomic E-state index is 13.1. The molecule has 104 valence electrons. The molecule has 0 saturated carbocycles. The smallest absolute Gasteiger partial charge is 0.257 e. The molecule has 0 spiro atoms. The van der Waals surface area contributed by atoms with Crippen molar-refractivity contribution >= 4 is 17.5 Å². The number of nitrogens with zero attached hydrogens (tertiary/aromatic N) is 1. The summed E-state index contributed by atoms with van der Waals surface area (Å²) >= 11 is 6.05. The van der Waals surface area contributed by atoms with Crippen molar-refractivity contribution in [1.29, 1.82) is 0 Å². The second-order valence-corrected chi connectivity index (χ2v) is 5.66. The van der Waals surface area contributed by atoms with E-state index in [1.54, 1.807) is 4.90 Å². The quantitative estimate of drug-likeness (QED) is 0.849. The fraction of sp³-hybridized carbons (Fsp3) is 0.500. The number of carbonyl (C=O) groups excluding carboxylic acids is 1. The molecule has 19 heavy (non-hydrogen) atoms. The summed E-state index contributed by atoms with van der Waals surface area (Å²) in [6, 6.07) is 3.41. The molecule has 1 aromatic rings. The number of hydrogen-bond donors (Lipinski definition) is 1. The van der Waals surface area contributed by atoms with Crippen LogP contribution in [0.4, 0.5) is 4.39 Å². The Kier molecular flexibility index (Phi) is 4.30. The standard InChI is InChI=1S/C14H17ClFNO2/c1-9(15)10-4-6-17(7-5-10)14(19)12-8-11(16)2-3-13(12)18/h2-3,8-10,18H,4-7H2,1H3. The molecule has 0 radical (unpaired) electrons. The maximum Gasteiger partial charge on any atom is 0.257 e. The number of amides is 1. The van der Waals surface area contributed by atoms with Crippen LogP contribution in [0.15, 0.2) is 18.2 Å². The summed E-state index contributed by atoms with van der Waals surface area (Å²) in [4.78, 5) is 13.9. The second-order valence-electron chi connectivity index (χ2n) is 4.97. The molecule has 0 bridgehead atoms. The van der Waals surface area contributed by atoms with Gasteiger partial charge in [-0.1, -0.05) is 0 Å². The number of alkyl halides is 1. The summed E-state index contributed by atoms with van der Waals surface area (Å²) in [6.07, 6.45) is 1.68. The molecule has 0 aromatic heterocycles.